The lowest BCUT2D eigenvalue weighted by atomic mass is 10.0. The molecule has 0 aliphatic rings. The number of aromatic nitrogens is 1. The van der Waals surface area contributed by atoms with Crippen LogP contribution >= 0.6 is 0 Å². The molecule has 1 heterocycles. The summed E-state index contributed by atoms with van der Waals surface area (Å²) in [5.74, 6) is 0.559. The molecular formula is C10H16N2O2. The molecule has 0 saturated carbocycles. The summed E-state index contributed by atoms with van der Waals surface area (Å²) in [5.41, 5.74) is 7.62. The van der Waals surface area contributed by atoms with Crippen LogP contribution in [0.25, 0.3) is 0 Å². The average molecular weight is 196 g/mol. The van der Waals surface area contributed by atoms with Gasteiger partial charge >= 0.3 is 0 Å². The molecule has 4 heteroatoms. The minimum absolute atomic E-state index is 0.395. The monoisotopic (exact) mass is 196 g/mol. The van der Waals surface area contributed by atoms with Gasteiger partial charge in [-0.15, -0.1) is 0 Å². The molecule has 78 valence electrons. The molecule has 1 rings (SSSR count). The lowest BCUT2D eigenvalue weighted by molar-refractivity contribution is 0.164. The molecule has 0 radical (unpaired) electrons. The van der Waals surface area contributed by atoms with E-state index in [9.17, 15) is 5.11 Å². The second-order valence-corrected chi connectivity index (χ2v) is 3.35. The fraction of sp³-hybridized carbons (Fsp3) is 0.500. The number of hydrogen-bond donors (Lipinski definition) is 2. The number of aryl methyl sites for hydroxylation is 1. The predicted octanol–water partition coefficient (Wildman–Crippen LogP) is 0.779. The van der Waals surface area contributed by atoms with Crippen molar-refractivity contribution in [3.63, 3.8) is 0 Å². The van der Waals surface area contributed by atoms with E-state index in [0.717, 1.165) is 11.1 Å². The number of rotatable bonds is 3. The van der Waals surface area contributed by atoms with Crippen molar-refractivity contribution in [2.24, 2.45) is 5.73 Å². The normalized spacial score (nSPS) is 14.9. The SMILES string of the molecule is COc1cc(C)c(C(N)C(C)O)cn1. The van der Waals surface area contributed by atoms with Crippen molar-refractivity contribution in [3.8, 4) is 5.88 Å². The highest BCUT2D eigenvalue weighted by molar-refractivity contribution is 5.30. The van der Waals surface area contributed by atoms with Gasteiger partial charge in [0.05, 0.1) is 19.3 Å². The lowest BCUT2D eigenvalue weighted by Gasteiger charge is -2.17. The first kappa shape index (κ1) is 10.9. The van der Waals surface area contributed by atoms with Crippen LogP contribution in [-0.2, 0) is 0 Å². The van der Waals surface area contributed by atoms with Gasteiger partial charge in [-0.25, -0.2) is 4.98 Å². The molecule has 1 aromatic rings. The smallest absolute Gasteiger partial charge is 0.213 e. The van der Waals surface area contributed by atoms with Crippen molar-refractivity contribution in [1.29, 1.82) is 0 Å². The van der Waals surface area contributed by atoms with Gasteiger partial charge in [0.25, 0.3) is 0 Å². The average Bonchev–Trinajstić information content (AvgIpc) is 2.16. The summed E-state index contributed by atoms with van der Waals surface area (Å²) in [5, 5.41) is 9.34. The van der Waals surface area contributed by atoms with Gasteiger partial charge in [-0.2, -0.15) is 0 Å². The molecule has 0 aliphatic heterocycles. The van der Waals surface area contributed by atoms with Crippen molar-refractivity contribution in [3.05, 3.63) is 23.4 Å². The predicted molar refractivity (Wildman–Crippen MR) is 54.1 cm³/mol. The Morgan fingerprint density at radius 2 is 2.21 bits per heavy atom. The number of methoxy groups -OCH3 is 1. The third kappa shape index (κ3) is 2.21. The van der Waals surface area contributed by atoms with Crippen LogP contribution in [0.3, 0.4) is 0 Å². The van der Waals surface area contributed by atoms with E-state index in [1.54, 1.807) is 26.3 Å². The van der Waals surface area contributed by atoms with Crippen molar-refractivity contribution in [2.75, 3.05) is 7.11 Å². The fourth-order valence-corrected chi connectivity index (χ4v) is 1.26. The number of ether oxygens (including phenoxy) is 1. The van der Waals surface area contributed by atoms with E-state index in [1.165, 1.54) is 0 Å². The minimum Gasteiger partial charge on any atom is -0.481 e. The second-order valence-electron chi connectivity index (χ2n) is 3.35. The summed E-state index contributed by atoms with van der Waals surface area (Å²) in [7, 11) is 1.57. The Labute approximate surface area is 83.7 Å². The van der Waals surface area contributed by atoms with Gasteiger partial charge in [0, 0.05) is 12.3 Å². The molecule has 0 aliphatic carbocycles. The molecule has 14 heavy (non-hydrogen) atoms. The molecule has 0 aromatic carbocycles. The molecule has 3 N–H and O–H groups in total. The molecule has 0 amide bonds. The van der Waals surface area contributed by atoms with Crippen LogP contribution in [0, 0.1) is 6.92 Å². The van der Waals surface area contributed by atoms with E-state index >= 15 is 0 Å². The lowest BCUT2D eigenvalue weighted by Crippen LogP contribution is -2.24. The second kappa shape index (κ2) is 4.39. The Bertz CT molecular complexity index is 313. The number of nitrogens with zero attached hydrogens (tertiary/aromatic N) is 1. The minimum atomic E-state index is -0.580. The Kier molecular flexibility index (Phi) is 3.43. The maximum Gasteiger partial charge on any atom is 0.213 e. The van der Waals surface area contributed by atoms with E-state index in [-0.39, 0.29) is 0 Å². The quantitative estimate of drug-likeness (QED) is 0.749. The molecule has 0 spiro atoms. The Morgan fingerprint density at radius 3 is 2.64 bits per heavy atom. The van der Waals surface area contributed by atoms with Gasteiger partial charge in [0.1, 0.15) is 0 Å². The van der Waals surface area contributed by atoms with Crippen LogP contribution in [0.5, 0.6) is 5.88 Å². The zero-order valence-electron chi connectivity index (χ0n) is 8.69. The van der Waals surface area contributed by atoms with Crippen molar-refractivity contribution >= 4 is 0 Å². The summed E-state index contributed by atoms with van der Waals surface area (Å²) in [6.45, 7) is 3.58. The Balaban J connectivity index is 2.99. The van der Waals surface area contributed by atoms with Crippen LogP contribution in [0.2, 0.25) is 0 Å². The third-order valence-corrected chi connectivity index (χ3v) is 2.21. The summed E-state index contributed by atoms with van der Waals surface area (Å²) >= 11 is 0. The maximum atomic E-state index is 9.34. The van der Waals surface area contributed by atoms with Crippen LogP contribution in [-0.4, -0.2) is 23.3 Å². The fourth-order valence-electron chi connectivity index (χ4n) is 1.26. The maximum absolute atomic E-state index is 9.34. The summed E-state index contributed by atoms with van der Waals surface area (Å²) < 4.78 is 4.98. The van der Waals surface area contributed by atoms with E-state index in [2.05, 4.69) is 4.98 Å². The Morgan fingerprint density at radius 1 is 1.57 bits per heavy atom. The summed E-state index contributed by atoms with van der Waals surface area (Å²) in [6, 6.07) is 1.41. The molecule has 0 saturated heterocycles. The third-order valence-electron chi connectivity index (χ3n) is 2.21. The molecule has 0 fully saturated rings. The zero-order chi connectivity index (χ0) is 10.7. The number of aliphatic hydroxyl groups excluding tert-OH is 1. The van der Waals surface area contributed by atoms with Gasteiger partial charge in [-0.05, 0) is 25.0 Å². The van der Waals surface area contributed by atoms with Crippen LogP contribution in [0.4, 0.5) is 0 Å². The molecule has 1 aromatic heterocycles. The van der Waals surface area contributed by atoms with Crippen molar-refractivity contribution in [1.82, 2.24) is 4.98 Å². The van der Waals surface area contributed by atoms with Crippen LogP contribution in [0.1, 0.15) is 24.1 Å². The zero-order valence-corrected chi connectivity index (χ0v) is 8.69. The molecule has 0 bridgehead atoms. The number of aliphatic hydroxyl groups is 1. The molecule has 4 nitrogen and oxygen atoms in total. The Hall–Kier alpha value is -1.13. The standard InChI is InChI=1S/C10H16N2O2/c1-6-4-9(14-3)12-5-8(6)10(11)7(2)13/h4-5,7,10,13H,11H2,1-3H3. The first-order valence-electron chi connectivity index (χ1n) is 4.50. The molecule has 2 unspecified atom stereocenters. The van der Waals surface area contributed by atoms with E-state index < -0.39 is 12.1 Å². The highest BCUT2D eigenvalue weighted by Gasteiger charge is 2.15. The van der Waals surface area contributed by atoms with Gasteiger partial charge in [-0.1, -0.05) is 0 Å². The van der Waals surface area contributed by atoms with Crippen LogP contribution < -0.4 is 10.5 Å². The van der Waals surface area contributed by atoms with Gasteiger partial charge in [-0.3, -0.25) is 0 Å². The molecule has 2 atom stereocenters. The van der Waals surface area contributed by atoms with E-state index in [1.807, 2.05) is 6.92 Å². The van der Waals surface area contributed by atoms with Gasteiger partial charge < -0.3 is 15.6 Å². The topological polar surface area (TPSA) is 68.4 Å². The first-order valence-corrected chi connectivity index (χ1v) is 4.50. The van der Waals surface area contributed by atoms with E-state index in [0.29, 0.717) is 5.88 Å². The highest BCUT2D eigenvalue weighted by atomic mass is 16.5. The van der Waals surface area contributed by atoms with Crippen LogP contribution in [0.15, 0.2) is 12.3 Å². The first-order chi connectivity index (χ1) is 6.56. The van der Waals surface area contributed by atoms with Crippen molar-refractivity contribution < 1.29 is 9.84 Å². The number of hydrogen-bond acceptors (Lipinski definition) is 4. The van der Waals surface area contributed by atoms with Gasteiger partial charge in [0.15, 0.2) is 0 Å². The number of nitrogens with two attached hydrogens (primary N) is 1. The highest BCUT2D eigenvalue weighted by Crippen LogP contribution is 2.20. The van der Waals surface area contributed by atoms with E-state index in [4.69, 9.17) is 10.5 Å². The van der Waals surface area contributed by atoms with Gasteiger partial charge in [0.2, 0.25) is 5.88 Å². The summed E-state index contributed by atoms with van der Waals surface area (Å²) in [4.78, 5) is 4.05. The number of pyridine rings is 1. The molecular weight excluding hydrogens is 180 g/mol. The largest absolute Gasteiger partial charge is 0.481 e. The van der Waals surface area contributed by atoms with Crippen molar-refractivity contribution in [2.45, 2.75) is 26.0 Å². The summed E-state index contributed by atoms with van der Waals surface area (Å²) in [6.07, 6.45) is 1.06.